The van der Waals surface area contributed by atoms with Gasteiger partial charge in [-0.05, 0) is 6.42 Å². The molecule has 0 aromatic rings. The van der Waals surface area contributed by atoms with Gasteiger partial charge in [-0.1, -0.05) is 43.1 Å². The average molecular weight is 174 g/mol. The molecule has 0 aromatic carbocycles. The second kappa shape index (κ2) is 8.15. The summed E-state index contributed by atoms with van der Waals surface area (Å²) in [5, 5.41) is 0. The Morgan fingerprint density at radius 2 is 1.91 bits per heavy atom. The Balaban J connectivity index is 3.03. The summed E-state index contributed by atoms with van der Waals surface area (Å²) < 4.78 is 10.6. The van der Waals surface area contributed by atoms with Crippen molar-refractivity contribution in [2.75, 3.05) is 12.0 Å². The number of hydrogen-bond acceptors (Lipinski definition) is 1. The summed E-state index contributed by atoms with van der Waals surface area (Å²) in [6, 6.07) is 0. The molecule has 1 unspecified atom stereocenters. The molecule has 66 valence electrons. The van der Waals surface area contributed by atoms with E-state index in [1.165, 1.54) is 19.3 Å². The van der Waals surface area contributed by atoms with Gasteiger partial charge in [0, 0.05) is 6.42 Å². The van der Waals surface area contributed by atoms with Gasteiger partial charge in [0.25, 0.3) is 0 Å². The molecule has 0 saturated heterocycles. The van der Waals surface area contributed by atoms with E-state index in [-0.39, 0.29) is 0 Å². The third-order valence-corrected chi connectivity index (χ3v) is 2.27. The van der Waals surface area contributed by atoms with Crippen molar-refractivity contribution in [3.63, 3.8) is 0 Å². The van der Waals surface area contributed by atoms with Gasteiger partial charge in [0.15, 0.2) is 0 Å². The second-order valence-corrected chi connectivity index (χ2v) is 4.23. The van der Waals surface area contributed by atoms with Gasteiger partial charge in [0.2, 0.25) is 0 Å². The Morgan fingerprint density at radius 3 is 2.45 bits per heavy atom. The van der Waals surface area contributed by atoms with Crippen LogP contribution in [0.1, 0.15) is 32.6 Å². The Bertz CT molecular complexity index is 99.7. The SMILES string of the molecule is CCCCC=CCC[S+](C)[O-]. The van der Waals surface area contributed by atoms with Crippen LogP contribution in [0.4, 0.5) is 0 Å². The average Bonchev–Trinajstić information content (AvgIpc) is 1.96. The molecule has 11 heavy (non-hydrogen) atoms. The maximum Gasteiger partial charge on any atom is 0.108 e. The van der Waals surface area contributed by atoms with Gasteiger partial charge in [-0.25, -0.2) is 0 Å². The third-order valence-electron chi connectivity index (χ3n) is 1.46. The van der Waals surface area contributed by atoms with E-state index in [2.05, 4.69) is 19.1 Å². The molecule has 0 amide bonds. The lowest BCUT2D eigenvalue weighted by atomic mass is 10.2. The van der Waals surface area contributed by atoms with Gasteiger partial charge in [-0.15, -0.1) is 0 Å². The maximum absolute atomic E-state index is 10.6. The molecule has 0 aliphatic carbocycles. The van der Waals surface area contributed by atoms with Crippen molar-refractivity contribution < 1.29 is 4.55 Å². The zero-order chi connectivity index (χ0) is 8.53. The first-order valence-electron chi connectivity index (χ1n) is 4.22. The van der Waals surface area contributed by atoms with Crippen molar-refractivity contribution in [1.29, 1.82) is 0 Å². The summed E-state index contributed by atoms with van der Waals surface area (Å²) in [4.78, 5) is 0. The summed E-state index contributed by atoms with van der Waals surface area (Å²) in [6.07, 6.45) is 10.7. The smallest absolute Gasteiger partial charge is 0.108 e. The molecule has 0 saturated carbocycles. The lowest BCUT2D eigenvalue weighted by Gasteiger charge is -2.00. The largest absolute Gasteiger partial charge is 0.617 e. The van der Waals surface area contributed by atoms with Crippen molar-refractivity contribution in [3.05, 3.63) is 12.2 Å². The van der Waals surface area contributed by atoms with E-state index < -0.39 is 11.2 Å². The van der Waals surface area contributed by atoms with Crippen LogP contribution in [0.25, 0.3) is 0 Å². The fourth-order valence-corrected chi connectivity index (χ4v) is 1.26. The van der Waals surface area contributed by atoms with Gasteiger partial charge in [0.1, 0.15) is 5.75 Å². The highest BCUT2D eigenvalue weighted by molar-refractivity contribution is 7.90. The molecule has 1 atom stereocenters. The Kier molecular flexibility index (Phi) is 8.19. The van der Waals surface area contributed by atoms with Crippen molar-refractivity contribution in [3.8, 4) is 0 Å². The first-order valence-corrected chi connectivity index (χ1v) is 5.95. The van der Waals surface area contributed by atoms with Crippen LogP contribution in [0.5, 0.6) is 0 Å². The normalized spacial score (nSPS) is 14.1. The van der Waals surface area contributed by atoms with Gasteiger partial charge < -0.3 is 4.55 Å². The molecule has 0 rings (SSSR count). The summed E-state index contributed by atoms with van der Waals surface area (Å²) in [5.74, 6) is 0.808. The quantitative estimate of drug-likeness (QED) is 0.345. The monoisotopic (exact) mass is 174 g/mol. The summed E-state index contributed by atoms with van der Waals surface area (Å²) in [5.41, 5.74) is 0. The molecule has 0 aromatic heterocycles. The van der Waals surface area contributed by atoms with Gasteiger partial charge in [-0.3, -0.25) is 0 Å². The molecule has 0 radical (unpaired) electrons. The molecular weight excluding hydrogens is 156 g/mol. The molecular formula is C9H18OS. The van der Waals surface area contributed by atoms with Crippen LogP contribution in [0.15, 0.2) is 12.2 Å². The van der Waals surface area contributed by atoms with E-state index in [1.54, 1.807) is 6.26 Å². The summed E-state index contributed by atoms with van der Waals surface area (Å²) in [7, 11) is 0. The standard InChI is InChI=1S/C9H18OS/c1-3-4-5-6-7-8-9-11(2)10/h6-7H,3-5,8-9H2,1-2H3. The molecule has 0 bridgehead atoms. The lowest BCUT2D eigenvalue weighted by Crippen LogP contribution is -2.00. The van der Waals surface area contributed by atoms with Crippen LogP contribution in [0.3, 0.4) is 0 Å². The molecule has 0 heterocycles. The van der Waals surface area contributed by atoms with Crippen LogP contribution < -0.4 is 0 Å². The first kappa shape index (κ1) is 11.1. The minimum Gasteiger partial charge on any atom is -0.617 e. The maximum atomic E-state index is 10.6. The fourth-order valence-electron chi connectivity index (χ4n) is 0.792. The highest BCUT2D eigenvalue weighted by Gasteiger charge is 1.91. The van der Waals surface area contributed by atoms with Crippen molar-refractivity contribution in [2.45, 2.75) is 32.6 Å². The Morgan fingerprint density at radius 1 is 1.27 bits per heavy atom. The lowest BCUT2D eigenvalue weighted by molar-refractivity contribution is 0.600. The summed E-state index contributed by atoms with van der Waals surface area (Å²) >= 11 is -0.624. The number of allylic oxidation sites excluding steroid dienone is 2. The third kappa shape index (κ3) is 10.1. The molecule has 0 aliphatic rings. The molecule has 0 N–H and O–H groups in total. The van der Waals surface area contributed by atoms with Crippen molar-refractivity contribution >= 4 is 11.2 Å². The van der Waals surface area contributed by atoms with Gasteiger partial charge >= 0.3 is 0 Å². The van der Waals surface area contributed by atoms with E-state index in [0.717, 1.165) is 12.2 Å². The summed E-state index contributed by atoms with van der Waals surface area (Å²) in [6.45, 7) is 2.19. The van der Waals surface area contributed by atoms with Crippen molar-refractivity contribution in [2.24, 2.45) is 0 Å². The Labute approximate surface area is 73.1 Å². The predicted molar refractivity (Wildman–Crippen MR) is 52.2 cm³/mol. The van der Waals surface area contributed by atoms with Crippen LogP contribution in [-0.4, -0.2) is 16.6 Å². The molecule has 0 fully saturated rings. The fraction of sp³-hybridized carbons (Fsp3) is 0.778. The topological polar surface area (TPSA) is 23.1 Å². The number of rotatable bonds is 6. The minimum atomic E-state index is -0.624. The van der Waals surface area contributed by atoms with E-state index in [9.17, 15) is 4.55 Å². The van der Waals surface area contributed by atoms with Crippen LogP contribution in [-0.2, 0) is 11.2 Å². The van der Waals surface area contributed by atoms with E-state index in [4.69, 9.17) is 0 Å². The zero-order valence-corrected chi connectivity index (χ0v) is 8.32. The molecule has 0 spiro atoms. The van der Waals surface area contributed by atoms with Crippen LogP contribution in [0, 0.1) is 0 Å². The highest BCUT2D eigenvalue weighted by atomic mass is 32.2. The second-order valence-electron chi connectivity index (χ2n) is 2.68. The molecule has 0 aliphatic heterocycles. The molecule has 1 nitrogen and oxygen atoms in total. The van der Waals surface area contributed by atoms with Gasteiger partial charge in [0.05, 0.1) is 6.26 Å². The molecule has 2 heteroatoms. The van der Waals surface area contributed by atoms with E-state index in [0.29, 0.717) is 0 Å². The zero-order valence-electron chi connectivity index (χ0n) is 7.51. The van der Waals surface area contributed by atoms with Gasteiger partial charge in [-0.2, -0.15) is 0 Å². The number of unbranched alkanes of at least 4 members (excludes halogenated alkanes) is 2. The van der Waals surface area contributed by atoms with Crippen LogP contribution in [0.2, 0.25) is 0 Å². The number of hydrogen-bond donors (Lipinski definition) is 0. The Hall–Kier alpha value is 0.0500. The minimum absolute atomic E-state index is 0.624. The van der Waals surface area contributed by atoms with Crippen LogP contribution >= 0.6 is 0 Å². The predicted octanol–water partition coefficient (Wildman–Crippen LogP) is 2.50. The highest BCUT2D eigenvalue weighted by Crippen LogP contribution is 1.97. The first-order chi connectivity index (χ1) is 5.27. The van der Waals surface area contributed by atoms with E-state index >= 15 is 0 Å². The van der Waals surface area contributed by atoms with Crippen molar-refractivity contribution in [1.82, 2.24) is 0 Å². The van der Waals surface area contributed by atoms with E-state index in [1.807, 2.05) is 0 Å².